The van der Waals surface area contributed by atoms with Gasteiger partial charge in [0, 0.05) is 19.3 Å². The first kappa shape index (κ1) is 11.7. The van der Waals surface area contributed by atoms with E-state index in [2.05, 4.69) is 5.32 Å². The number of rotatable bonds is 3. The maximum atomic E-state index is 11.5. The lowest BCUT2D eigenvalue weighted by molar-refractivity contribution is -0.121. The van der Waals surface area contributed by atoms with Crippen LogP contribution >= 0.6 is 0 Å². The molecule has 0 saturated heterocycles. The Morgan fingerprint density at radius 1 is 1.56 bits per heavy atom. The van der Waals surface area contributed by atoms with Gasteiger partial charge in [-0.1, -0.05) is 0 Å². The number of nitriles is 1. The fraction of sp³-hybridized carbons (Fsp3) is 0.333. The minimum absolute atomic E-state index is 0.152. The zero-order chi connectivity index (χ0) is 12.1. The Morgan fingerprint density at radius 3 is 2.88 bits per heavy atom. The fourth-order valence-corrected chi connectivity index (χ4v) is 1.10. The first-order valence-corrected chi connectivity index (χ1v) is 4.46. The second kappa shape index (κ2) is 4.93. The molecule has 1 aromatic heterocycles. The molecule has 0 atom stereocenters. The van der Waals surface area contributed by atoms with E-state index in [1.165, 1.54) is 23.9 Å². The van der Waals surface area contributed by atoms with Crippen molar-refractivity contribution >= 4 is 5.91 Å². The van der Waals surface area contributed by atoms with Gasteiger partial charge in [0.1, 0.15) is 13.1 Å². The summed E-state index contributed by atoms with van der Waals surface area (Å²) in [5.41, 5.74) is -1.12. The summed E-state index contributed by atoms with van der Waals surface area (Å²) < 4.78 is 1.99. The average Bonchev–Trinajstić information content (AvgIpc) is 2.27. The van der Waals surface area contributed by atoms with E-state index in [-0.39, 0.29) is 13.1 Å². The Balaban J connectivity index is 2.95. The maximum absolute atomic E-state index is 11.5. The number of nitrogens with one attached hydrogen (secondary N) is 1. The molecule has 16 heavy (non-hydrogen) atoms. The lowest BCUT2D eigenvalue weighted by atomic mass is 10.5. The Bertz CT molecular complexity index is 549. The first-order chi connectivity index (χ1) is 7.56. The van der Waals surface area contributed by atoms with Gasteiger partial charge in [0.05, 0.1) is 6.07 Å². The van der Waals surface area contributed by atoms with Crippen molar-refractivity contribution in [2.75, 3.05) is 6.54 Å². The van der Waals surface area contributed by atoms with Crippen molar-refractivity contribution < 1.29 is 4.79 Å². The lowest BCUT2D eigenvalue weighted by Crippen LogP contribution is -2.42. The summed E-state index contributed by atoms with van der Waals surface area (Å²) in [5, 5.41) is 10.5. The average molecular weight is 222 g/mol. The SMILES string of the molecule is Cn1ccc(=O)n(CC(=O)NCC#N)c1=O. The number of carbonyl (C=O) groups is 1. The highest BCUT2D eigenvalue weighted by atomic mass is 16.2. The second-order valence-corrected chi connectivity index (χ2v) is 3.07. The second-order valence-electron chi connectivity index (χ2n) is 3.07. The topological polar surface area (TPSA) is 96.9 Å². The molecule has 0 fully saturated rings. The van der Waals surface area contributed by atoms with Crippen LogP contribution in [0.2, 0.25) is 0 Å². The van der Waals surface area contributed by atoms with Gasteiger partial charge in [-0.25, -0.2) is 4.79 Å². The van der Waals surface area contributed by atoms with Crippen LogP contribution in [0.3, 0.4) is 0 Å². The van der Waals surface area contributed by atoms with E-state index < -0.39 is 17.2 Å². The largest absolute Gasteiger partial charge is 0.341 e. The van der Waals surface area contributed by atoms with Gasteiger partial charge < -0.3 is 9.88 Å². The van der Waals surface area contributed by atoms with Crippen LogP contribution in [0.15, 0.2) is 21.9 Å². The lowest BCUT2D eigenvalue weighted by Gasteiger charge is -2.05. The van der Waals surface area contributed by atoms with E-state index in [4.69, 9.17) is 5.26 Å². The molecular formula is C9H10N4O3. The molecule has 1 aromatic rings. The summed E-state index contributed by atoms with van der Waals surface area (Å²) >= 11 is 0. The quantitative estimate of drug-likeness (QED) is 0.609. The molecule has 7 heteroatoms. The molecule has 0 aromatic carbocycles. The summed E-state index contributed by atoms with van der Waals surface area (Å²) in [5.74, 6) is -0.549. The molecule has 1 amide bonds. The number of hydrogen-bond acceptors (Lipinski definition) is 4. The highest BCUT2D eigenvalue weighted by molar-refractivity contribution is 5.75. The fourth-order valence-electron chi connectivity index (χ4n) is 1.10. The van der Waals surface area contributed by atoms with Crippen LogP contribution in [-0.4, -0.2) is 21.6 Å². The van der Waals surface area contributed by atoms with Crippen LogP contribution in [0.1, 0.15) is 0 Å². The van der Waals surface area contributed by atoms with Crippen LogP contribution in [0.4, 0.5) is 0 Å². The minimum atomic E-state index is -0.570. The third kappa shape index (κ3) is 2.57. The molecule has 0 aliphatic rings. The van der Waals surface area contributed by atoms with Crippen molar-refractivity contribution in [1.82, 2.24) is 14.5 Å². The molecule has 7 nitrogen and oxygen atoms in total. The van der Waals surface area contributed by atoms with E-state index in [9.17, 15) is 14.4 Å². The van der Waals surface area contributed by atoms with Crippen LogP contribution in [-0.2, 0) is 18.4 Å². The van der Waals surface area contributed by atoms with Crippen LogP contribution in [0.5, 0.6) is 0 Å². The number of hydrogen-bond donors (Lipinski definition) is 1. The Hall–Kier alpha value is -2.36. The zero-order valence-corrected chi connectivity index (χ0v) is 8.64. The van der Waals surface area contributed by atoms with E-state index in [1.807, 2.05) is 0 Å². The first-order valence-electron chi connectivity index (χ1n) is 4.46. The number of aryl methyl sites for hydroxylation is 1. The van der Waals surface area contributed by atoms with Gasteiger partial charge in [-0.2, -0.15) is 5.26 Å². The van der Waals surface area contributed by atoms with E-state index in [0.717, 1.165) is 4.57 Å². The predicted octanol–water partition coefficient (Wildman–Crippen LogP) is -1.81. The van der Waals surface area contributed by atoms with E-state index >= 15 is 0 Å². The van der Waals surface area contributed by atoms with Crippen LogP contribution < -0.4 is 16.6 Å². The van der Waals surface area contributed by atoms with Gasteiger partial charge in [-0.05, 0) is 0 Å². The van der Waals surface area contributed by atoms with E-state index in [0.29, 0.717) is 0 Å². The molecule has 0 bridgehead atoms. The molecule has 0 unspecified atom stereocenters. The molecule has 0 aliphatic heterocycles. The van der Waals surface area contributed by atoms with E-state index in [1.54, 1.807) is 6.07 Å². The normalized spacial score (nSPS) is 9.50. The summed E-state index contributed by atoms with van der Waals surface area (Å²) in [7, 11) is 1.48. The molecule has 0 radical (unpaired) electrons. The Morgan fingerprint density at radius 2 is 2.25 bits per heavy atom. The maximum Gasteiger partial charge on any atom is 0.331 e. The molecule has 0 saturated carbocycles. The Kier molecular flexibility index (Phi) is 3.61. The molecule has 84 valence electrons. The predicted molar refractivity (Wildman–Crippen MR) is 54.6 cm³/mol. The number of amides is 1. The summed E-state index contributed by atoms with van der Waals surface area (Å²) in [4.78, 5) is 34.0. The molecule has 0 aliphatic carbocycles. The number of aromatic nitrogens is 2. The molecule has 1 N–H and O–H groups in total. The molecule has 1 rings (SSSR count). The van der Waals surface area contributed by atoms with Crippen molar-refractivity contribution in [3.05, 3.63) is 33.1 Å². The Labute approximate surface area is 90.5 Å². The zero-order valence-electron chi connectivity index (χ0n) is 8.64. The standard InChI is InChI=1S/C9H10N4O3/c1-12-5-2-8(15)13(9(12)16)6-7(14)11-4-3-10/h2,5H,4,6H2,1H3,(H,11,14). The van der Waals surface area contributed by atoms with Crippen molar-refractivity contribution in [3.8, 4) is 6.07 Å². The number of carbonyl (C=O) groups excluding carboxylic acids is 1. The van der Waals surface area contributed by atoms with Gasteiger partial charge in [0.15, 0.2) is 0 Å². The summed E-state index contributed by atoms with van der Waals surface area (Å²) in [6, 6.07) is 2.92. The van der Waals surface area contributed by atoms with Gasteiger partial charge in [-0.3, -0.25) is 14.2 Å². The molecule has 1 heterocycles. The third-order valence-corrected chi connectivity index (χ3v) is 1.91. The van der Waals surface area contributed by atoms with Crippen molar-refractivity contribution in [2.45, 2.75) is 6.54 Å². The van der Waals surface area contributed by atoms with Crippen molar-refractivity contribution in [1.29, 1.82) is 5.26 Å². The van der Waals surface area contributed by atoms with Gasteiger partial charge >= 0.3 is 5.69 Å². The molecular weight excluding hydrogens is 212 g/mol. The van der Waals surface area contributed by atoms with Gasteiger partial charge in [0.25, 0.3) is 5.56 Å². The molecule has 0 spiro atoms. The van der Waals surface area contributed by atoms with Gasteiger partial charge in [0.2, 0.25) is 5.91 Å². The smallest absolute Gasteiger partial charge is 0.331 e. The van der Waals surface area contributed by atoms with Gasteiger partial charge in [-0.15, -0.1) is 0 Å². The van der Waals surface area contributed by atoms with Crippen molar-refractivity contribution in [3.63, 3.8) is 0 Å². The summed E-state index contributed by atoms with van der Waals surface area (Å²) in [6.45, 7) is -0.533. The third-order valence-electron chi connectivity index (χ3n) is 1.91. The highest BCUT2D eigenvalue weighted by Gasteiger charge is 2.07. The monoisotopic (exact) mass is 222 g/mol. The minimum Gasteiger partial charge on any atom is -0.341 e. The highest BCUT2D eigenvalue weighted by Crippen LogP contribution is 1.76. The summed E-state index contributed by atoms with van der Waals surface area (Å²) in [6.07, 6.45) is 1.33. The van der Waals surface area contributed by atoms with Crippen molar-refractivity contribution in [2.24, 2.45) is 7.05 Å². The number of nitrogens with zero attached hydrogens (tertiary/aromatic N) is 3. The van der Waals surface area contributed by atoms with Crippen LogP contribution in [0.25, 0.3) is 0 Å². The van der Waals surface area contributed by atoms with Crippen LogP contribution in [0, 0.1) is 11.3 Å².